The molecule has 0 aliphatic rings. The number of rotatable bonds is 6. The van der Waals surface area contributed by atoms with E-state index in [1.54, 1.807) is 13.2 Å². The first kappa shape index (κ1) is 14.7. The second-order valence-corrected chi connectivity index (χ2v) is 4.65. The van der Waals surface area contributed by atoms with Crippen molar-refractivity contribution in [2.75, 3.05) is 13.7 Å². The molecular weight excluding hydrogens is 349 g/mol. The molecule has 0 aliphatic heterocycles. The summed E-state index contributed by atoms with van der Waals surface area (Å²) in [6.45, 7) is 2.63. The van der Waals surface area contributed by atoms with Gasteiger partial charge in [0.25, 0.3) is 0 Å². The average molecular weight is 363 g/mol. The van der Waals surface area contributed by atoms with Gasteiger partial charge in [-0.25, -0.2) is 0 Å². The van der Waals surface area contributed by atoms with Crippen molar-refractivity contribution in [2.24, 2.45) is 0 Å². The van der Waals surface area contributed by atoms with Crippen molar-refractivity contribution in [3.05, 3.63) is 37.6 Å². The Morgan fingerprint density at radius 3 is 2.78 bits per heavy atom. The monoisotopic (exact) mass is 363 g/mol. The fourth-order valence-electron chi connectivity index (χ4n) is 1.33. The summed E-state index contributed by atoms with van der Waals surface area (Å²) in [6, 6.07) is 3.53. The van der Waals surface area contributed by atoms with E-state index in [0.717, 1.165) is 16.2 Å². The topological polar surface area (TPSA) is 61.6 Å². The number of ether oxygens (including phenoxy) is 2. The van der Waals surface area contributed by atoms with Crippen molar-refractivity contribution in [1.29, 1.82) is 0 Å². The lowest BCUT2D eigenvalue weighted by Crippen LogP contribution is -2.00. The van der Waals surface area contributed by atoms with Crippen LogP contribution < -0.4 is 9.47 Å². The van der Waals surface area contributed by atoms with Gasteiger partial charge in [-0.15, -0.1) is 0 Å². The fourth-order valence-corrected chi connectivity index (χ4v) is 2.11. The minimum absolute atomic E-state index is 0.499. The van der Waals surface area contributed by atoms with E-state index in [4.69, 9.17) is 9.47 Å². The Balaban J connectivity index is 3.06. The van der Waals surface area contributed by atoms with Crippen molar-refractivity contribution in [3.8, 4) is 11.5 Å². The van der Waals surface area contributed by atoms with Crippen LogP contribution in [0.2, 0.25) is 0 Å². The summed E-state index contributed by atoms with van der Waals surface area (Å²) >= 11 is 2.12. The Morgan fingerprint density at radius 1 is 1.50 bits per heavy atom. The molecule has 0 unspecified atom stereocenters. The van der Waals surface area contributed by atoms with Gasteiger partial charge in [-0.05, 0) is 46.7 Å². The van der Waals surface area contributed by atoms with Gasteiger partial charge in [-0.2, -0.15) is 0 Å². The molecule has 6 heteroatoms. The van der Waals surface area contributed by atoms with Crippen LogP contribution in [0.4, 0.5) is 0 Å². The lowest BCUT2D eigenvalue weighted by Gasteiger charge is -2.12. The molecule has 0 aliphatic carbocycles. The molecule has 1 rings (SSSR count). The van der Waals surface area contributed by atoms with Crippen molar-refractivity contribution in [2.45, 2.75) is 13.3 Å². The van der Waals surface area contributed by atoms with Crippen LogP contribution in [0.1, 0.15) is 18.9 Å². The molecule has 0 bridgehead atoms. The number of methoxy groups -OCH3 is 1. The van der Waals surface area contributed by atoms with E-state index in [2.05, 4.69) is 22.6 Å². The van der Waals surface area contributed by atoms with Gasteiger partial charge >= 0.3 is 0 Å². The third-order valence-electron chi connectivity index (χ3n) is 2.09. The fraction of sp³-hybridized carbons (Fsp3) is 0.333. The molecule has 0 amide bonds. The Hall–Kier alpha value is -1.31. The van der Waals surface area contributed by atoms with Gasteiger partial charge < -0.3 is 9.47 Å². The first-order valence-electron chi connectivity index (χ1n) is 5.40. The van der Waals surface area contributed by atoms with Crippen molar-refractivity contribution in [1.82, 2.24) is 0 Å². The lowest BCUT2D eigenvalue weighted by atomic mass is 10.2. The Kier molecular flexibility index (Phi) is 5.90. The summed E-state index contributed by atoms with van der Waals surface area (Å²) in [5.41, 5.74) is 0.705. The lowest BCUT2D eigenvalue weighted by molar-refractivity contribution is -0.400. The van der Waals surface area contributed by atoms with Crippen LogP contribution in [-0.4, -0.2) is 18.6 Å². The van der Waals surface area contributed by atoms with Gasteiger partial charge in [0.05, 0.1) is 22.2 Å². The Morgan fingerprint density at radius 2 is 2.22 bits per heavy atom. The van der Waals surface area contributed by atoms with Crippen LogP contribution >= 0.6 is 22.6 Å². The number of hydrogen-bond donors (Lipinski definition) is 0. The minimum Gasteiger partial charge on any atom is -0.493 e. The minimum atomic E-state index is -0.499. The summed E-state index contributed by atoms with van der Waals surface area (Å²) in [4.78, 5) is 9.78. The van der Waals surface area contributed by atoms with Crippen LogP contribution in [0.5, 0.6) is 11.5 Å². The maximum Gasteiger partial charge on any atom is 0.235 e. The number of nitrogens with zero attached hydrogens (tertiary/aromatic N) is 1. The van der Waals surface area contributed by atoms with Gasteiger partial charge in [0, 0.05) is 6.08 Å². The van der Waals surface area contributed by atoms with E-state index in [-0.39, 0.29) is 0 Å². The normalized spacial score (nSPS) is 10.6. The molecule has 0 heterocycles. The van der Waals surface area contributed by atoms with E-state index in [1.165, 1.54) is 6.08 Å². The molecule has 0 saturated carbocycles. The van der Waals surface area contributed by atoms with Crippen LogP contribution in [0, 0.1) is 13.7 Å². The summed E-state index contributed by atoms with van der Waals surface area (Å²) in [5.74, 6) is 1.26. The van der Waals surface area contributed by atoms with Crippen LogP contribution in [0.3, 0.4) is 0 Å². The van der Waals surface area contributed by atoms with Gasteiger partial charge in [0.15, 0.2) is 11.5 Å². The number of hydrogen-bond acceptors (Lipinski definition) is 4. The Bertz CT molecular complexity index is 460. The first-order valence-corrected chi connectivity index (χ1v) is 6.48. The first-order chi connectivity index (χ1) is 8.58. The predicted octanol–water partition coefficient (Wildman–Crippen LogP) is 3.34. The molecule has 0 aromatic heterocycles. The zero-order valence-corrected chi connectivity index (χ0v) is 12.3. The van der Waals surface area contributed by atoms with Crippen molar-refractivity contribution < 1.29 is 14.4 Å². The number of nitro groups is 1. The Labute approximate surface area is 119 Å². The quantitative estimate of drug-likeness (QED) is 0.442. The third kappa shape index (κ3) is 4.17. The van der Waals surface area contributed by atoms with Crippen molar-refractivity contribution >= 4 is 28.7 Å². The van der Waals surface area contributed by atoms with Crippen molar-refractivity contribution in [3.63, 3.8) is 0 Å². The van der Waals surface area contributed by atoms with Crippen LogP contribution in [-0.2, 0) is 0 Å². The molecule has 0 atom stereocenters. The zero-order chi connectivity index (χ0) is 13.5. The molecule has 5 nitrogen and oxygen atoms in total. The molecule has 98 valence electrons. The smallest absolute Gasteiger partial charge is 0.235 e. The van der Waals surface area contributed by atoms with Gasteiger partial charge in [-0.3, -0.25) is 10.1 Å². The molecule has 0 fully saturated rings. The van der Waals surface area contributed by atoms with Gasteiger partial charge in [-0.1, -0.05) is 6.92 Å². The van der Waals surface area contributed by atoms with E-state index >= 15 is 0 Å². The molecule has 0 saturated heterocycles. The molecule has 0 spiro atoms. The highest BCUT2D eigenvalue weighted by molar-refractivity contribution is 14.1. The van der Waals surface area contributed by atoms with Crippen LogP contribution in [0.15, 0.2) is 18.3 Å². The largest absolute Gasteiger partial charge is 0.493 e. The van der Waals surface area contributed by atoms with E-state index < -0.39 is 4.92 Å². The molecule has 1 aromatic rings. The number of halogens is 1. The summed E-state index contributed by atoms with van der Waals surface area (Å²) < 4.78 is 11.7. The second kappa shape index (κ2) is 7.20. The third-order valence-corrected chi connectivity index (χ3v) is 2.89. The predicted molar refractivity (Wildman–Crippen MR) is 77.5 cm³/mol. The highest BCUT2D eigenvalue weighted by Gasteiger charge is 2.10. The van der Waals surface area contributed by atoms with E-state index in [1.807, 2.05) is 13.0 Å². The SMILES string of the molecule is CCCOc1c(I)cc(/C=C\[N+](=O)[O-])cc1OC. The standard InChI is InChI=1S/C12H14INO4/c1-3-6-18-12-10(13)7-9(4-5-14(15)16)8-11(12)17-2/h4-5,7-8H,3,6H2,1-2H3/b5-4-. The van der Waals surface area contributed by atoms with E-state index in [0.29, 0.717) is 23.7 Å². The molecule has 0 N–H and O–H groups in total. The summed E-state index contributed by atoms with van der Waals surface area (Å²) in [6.07, 6.45) is 3.23. The maximum atomic E-state index is 10.3. The van der Waals surface area contributed by atoms with Gasteiger partial charge in [0.1, 0.15) is 0 Å². The molecular formula is C12H14INO4. The molecule has 0 radical (unpaired) electrons. The second-order valence-electron chi connectivity index (χ2n) is 3.48. The average Bonchev–Trinajstić information content (AvgIpc) is 2.34. The zero-order valence-electron chi connectivity index (χ0n) is 10.2. The molecule has 18 heavy (non-hydrogen) atoms. The van der Waals surface area contributed by atoms with Gasteiger partial charge in [0.2, 0.25) is 6.20 Å². The highest BCUT2D eigenvalue weighted by atomic mass is 127. The summed E-state index contributed by atoms with van der Waals surface area (Å²) in [5, 5.41) is 10.3. The highest BCUT2D eigenvalue weighted by Crippen LogP contribution is 2.34. The maximum absolute atomic E-state index is 10.3. The van der Waals surface area contributed by atoms with E-state index in [9.17, 15) is 10.1 Å². The van der Waals surface area contributed by atoms with Crippen LogP contribution in [0.25, 0.3) is 6.08 Å². The summed E-state index contributed by atoms with van der Waals surface area (Å²) in [7, 11) is 1.55. The number of benzene rings is 1. The molecule has 1 aromatic carbocycles.